The molecule has 0 spiro atoms. The van der Waals surface area contributed by atoms with Crippen molar-refractivity contribution in [2.45, 2.75) is 25.8 Å². The Balaban J connectivity index is 0.00000128. The molecular formula is C11H21ClN2OS. The Morgan fingerprint density at radius 3 is 2.69 bits per heavy atom. The van der Waals surface area contributed by atoms with Crippen LogP contribution in [0.2, 0.25) is 0 Å². The first kappa shape index (κ1) is 14.1. The Morgan fingerprint density at radius 1 is 1.38 bits per heavy atom. The number of carbonyl (C=O) groups excluding carboxylic acids is 1. The molecule has 5 heteroatoms. The number of hydrogen-bond acceptors (Lipinski definition) is 3. The molecule has 0 bridgehead atoms. The first-order chi connectivity index (χ1) is 7.29. The highest BCUT2D eigenvalue weighted by atomic mass is 35.5. The third-order valence-corrected chi connectivity index (χ3v) is 4.40. The third kappa shape index (κ3) is 3.28. The number of piperazine rings is 1. The Labute approximate surface area is 108 Å². The molecule has 2 saturated heterocycles. The Hall–Kier alpha value is 0.0700. The molecule has 0 radical (unpaired) electrons. The lowest BCUT2D eigenvalue weighted by molar-refractivity contribution is -0.138. The van der Waals surface area contributed by atoms with Gasteiger partial charge in [0, 0.05) is 31.6 Å². The monoisotopic (exact) mass is 264 g/mol. The van der Waals surface area contributed by atoms with Crippen molar-refractivity contribution in [2.75, 3.05) is 31.1 Å². The molecule has 94 valence electrons. The van der Waals surface area contributed by atoms with Crippen LogP contribution >= 0.6 is 24.2 Å². The highest BCUT2D eigenvalue weighted by molar-refractivity contribution is 7.99. The maximum absolute atomic E-state index is 12.3. The second-order valence-corrected chi connectivity index (χ2v) is 5.70. The fourth-order valence-electron chi connectivity index (χ4n) is 2.35. The van der Waals surface area contributed by atoms with Gasteiger partial charge in [-0.3, -0.25) is 4.79 Å². The summed E-state index contributed by atoms with van der Waals surface area (Å²) in [5, 5.41) is 3.32. The quantitative estimate of drug-likeness (QED) is 0.777. The Morgan fingerprint density at radius 2 is 2.06 bits per heavy atom. The maximum atomic E-state index is 12.3. The van der Waals surface area contributed by atoms with E-state index < -0.39 is 0 Å². The van der Waals surface area contributed by atoms with E-state index in [1.165, 1.54) is 0 Å². The maximum Gasteiger partial charge on any atom is 0.226 e. The molecule has 0 aromatic rings. The van der Waals surface area contributed by atoms with E-state index >= 15 is 0 Å². The number of rotatable bonds is 1. The molecule has 2 rings (SSSR count). The van der Waals surface area contributed by atoms with E-state index in [2.05, 4.69) is 17.1 Å². The third-order valence-electron chi connectivity index (χ3n) is 3.35. The van der Waals surface area contributed by atoms with Gasteiger partial charge in [0.15, 0.2) is 0 Å². The number of hydrogen-bond donors (Lipinski definition) is 1. The van der Waals surface area contributed by atoms with Crippen LogP contribution in [0.25, 0.3) is 0 Å². The summed E-state index contributed by atoms with van der Waals surface area (Å²) < 4.78 is 0. The lowest BCUT2D eigenvalue weighted by Crippen LogP contribution is -2.54. The normalized spacial score (nSPS) is 27.3. The zero-order valence-electron chi connectivity index (χ0n) is 9.78. The van der Waals surface area contributed by atoms with Gasteiger partial charge in [0.2, 0.25) is 5.91 Å². The van der Waals surface area contributed by atoms with Crippen molar-refractivity contribution in [1.82, 2.24) is 10.2 Å². The summed E-state index contributed by atoms with van der Waals surface area (Å²) >= 11 is 1.98. The van der Waals surface area contributed by atoms with E-state index in [1.54, 1.807) is 0 Å². The molecule has 0 aromatic heterocycles. The molecule has 2 aliphatic rings. The smallest absolute Gasteiger partial charge is 0.226 e. The fourth-order valence-corrected chi connectivity index (χ4v) is 3.45. The molecule has 0 unspecified atom stereocenters. The van der Waals surface area contributed by atoms with Gasteiger partial charge < -0.3 is 10.2 Å². The number of carbonyl (C=O) groups is 1. The van der Waals surface area contributed by atoms with Crippen LogP contribution in [0.4, 0.5) is 0 Å². The summed E-state index contributed by atoms with van der Waals surface area (Å²) in [7, 11) is 0. The molecular weight excluding hydrogens is 244 g/mol. The highest BCUT2D eigenvalue weighted by Crippen LogP contribution is 2.25. The van der Waals surface area contributed by atoms with Gasteiger partial charge in [-0.25, -0.2) is 0 Å². The van der Waals surface area contributed by atoms with Crippen LogP contribution < -0.4 is 5.32 Å². The minimum Gasteiger partial charge on any atom is -0.337 e. The summed E-state index contributed by atoms with van der Waals surface area (Å²) in [5.74, 6) is 3.05. The standard InChI is InChI=1S/C11H20N2OS.ClH/c1-9-8-12-4-5-13(9)11(14)10-2-6-15-7-3-10;/h9-10,12H,2-8H2,1H3;1H/t9-;/m0./s1. The van der Waals surface area contributed by atoms with Crippen LogP contribution in [-0.2, 0) is 4.79 Å². The second-order valence-electron chi connectivity index (χ2n) is 4.47. The number of nitrogens with zero attached hydrogens (tertiary/aromatic N) is 1. The average molecular weight is 265 g/mol. The van der Waals surface area contributed by atoms with Gasteiger partial charge in [-0.1, -0.05) is 0 Å². The molecule has 2 aliphatic heterocycles. The van der Waals surface area contributed by atoms with E-state index in [-0.39, 0.29) is 12.4 Å². The van der Waals surface area contributed by atoms with Crippen molar-refractivity contribution in [3.8, 4) is 0 Å². The van der Waals surface area contributed by atoms with Crippen LogP contribution in [0.5, 0.6) is 0 Å². The lowest BCUT2D eigenvalue weighted by atomic mass is 9.99. The van der Waals surface area contributed by atoms with Gasteiger partial charge in [0.25, 0.3) is 0 Å². The van der Waals surface area contributed by atoms with Crippen molar-refractivity contribution in [1.29, 1.82) is 0 Å². The molecule has 2 fully saturated rings. The van der Waals surface area contributed by atoms with E-state index in [9.17, 15) is 4.79 Å². The zero-order chi connectivity index (χ0) is 10.7. The lowest BCUT2D eigenvalue weighted by Gasteiger charge is -2.37. The van der Waals surface area contributed by atoms with Gasteiger partial charge in [0.1, 0.15) is 0 Å². The van der Waals surface area contributed by atoms with E-state index in [0.29, 0.717) is 17.9 Å². The number of thioether (sulfide) groups is 1. The molecule has 3 nitrogen and oxygen atoms in total. The number of nitrogens with one attached hydrogen (secondary N) is 1. The first-order valence-corrected chi connectivity index (χ1v) is 7.03. The largest absolute Gasteiger partial charge is 0.337 e. The molecule has 1 amide bonds. The van der Waals surface area contributed by atoms with Crippen LogP contribution in [0.1, 0.15) is 19.8 Å². The first-order valence-electron chi connectivity index (χ1n) is 5.88. The molecule has 16 heavy (non-hydrogen) atoms. The number of halogens is 1. The molecule has 0 saturated carbocycles. The molecule has 1 N–H and O–H groups in total. The predicted molar refractivity (Wildman–Crippen MR) is 71.3 cm³/mol. The average Bonchev–Trinajstić information content (AvgIpc) is 2.30. The van der Waals surface area contributed by atoms with Crippen LogP contribution in [0, 0.1) is 5.92 Å². The molecule has 0 aliphatic carbocycles. The fraction of sp³-hybridized carbons (Fsp3) is 0.909. The number of amides is 1. The highest BCUT2D eigenvalue weighted by Gasteiger charge is 2.29. The van der Waals surface area contributed by atoms with E-state index in [1.807, 2.05) is 11.8 Å². The van der Waals surface area contributed by atoms with Crippen molar-refractivity contribution < 1.29 is 4.79 Å². The van der Waals surface area contributed by atoms with Crippen molar-refractivity contribution in [2.24, 2.45) is 5.92 Å². The van der Waals surface area contributed by atoms with Crippen LogP contribution in [0.3, 0.4) is 0 Å². The molecule has 2 heterocycles. The summed E-state index contributed by atoms with van der Waals surface area (Å²) in [4.78, 5) is 14.3. The van der Waals surface area contributed by atoms with Crippen molar-refractivity contribution in [3.05, 3.63) is 0 Å². The minimum absolute atomic E-state index is 0. The second kappa shape index (κ2) is 6.72. The Kier molecular flexibility index (Phi) is 5.94. The van der Waals surface area contributed by atoms with Gasteiger partial charge >= 0.3 is 0 Å². The summed E-state index contributed by atoms with van der Waals surface area (Å²) in [5.41, 5.74) is 0. The summed E-state index contributed by atoms with van der Waals surface area (Å²) in [6.45, 7) is 4.94. The van der Waals surface area contributed by atoms with Gasteiger partial charge in [-0.2, -0.15) is 11.8 Å². The van der Waals surface area contributed by atoms with E-state index in [4.69, 9.17) is 0 Å². The molecule has 1 atom stereocenters. The van der Waals surface area contributed by atoms with Gasteiger partial charge in [0.05, 0.1) is 0 Å². The topological polar surface area (TPSA) is 32.3 Å². The summed E-state index contributed by atoms with van der Waals surface area (Å²) in [6.07, 6.45) is 2.17. The van der Waals surface area contributed by atoms with Gasteiger partial charge in [-0.05, 0) is 31.3 Å². The molecule has 0 aromatic carbocycles. The minimum atomic E-state index is 0. The van der Waals surface area contributed by atoms with Crippen molar-refractivity contribution in [3.63, 3.8) is 0 Å². The predicted octanol–water partition coefficient (Wildman–Crippen LogP) is 1.37. The van der Waals surface area contributed by atoms with Crippen molar-refractivity contribution >= 4 is 30.1 Å². The van der Waals surface area contributed by atoms with Crippen LogP contribution in [-0.4, -0.2) is 48.0 Å². The van der Waals surface area contributed by atoms with E-state index in [0.717, 1.165) is 44.0 Å². The zero-order valence-corrected chi connectivity index (χ0v) is 11.4. The van der Waals surface area contributed by atoms with Gasteiger partial charge in [-0.15, -0.1) is 12.4 Å². The summed E-state index contributed by atoms with van der Waals surface area (Å²) in [6, 6.07) is 0.376. The Bertz CT molecular complexity index is 234. The van der Waals surface area contributed by atoms with Crippen LogP contribution in [0.15, 0.2) is 0 Å². The SMILES string of the molecule is C[C@H]1CNCCN1C(=O)C1CCSCC1.Cl.